The summed E-state index contributed by atoms with van der Waals surface area (Å²) < 4.78 is 24.2. The van der Waals surface area contributed by atoms with E-state index in [1.165, 1.54) is 0 Å². The third-order valence-corrected chi connectivity index (χ3v) is 3.98. The third kappa shape index (κ3) is 2.99. The standard InChI is InChI=1S/C8H13ClN2O2S/c1-2-14(12,13)4-3-11-7-10-6-8(11)5-9/h6-7H,2-5H2,1H3. The predicted molar refractivity (Wildman–Crippen MR) is 56.1 cm³/mol. The summed E-state index contributed by atoms with van der Waals surface area (Å²) in [5, 5.41) is 0. The van der Waals surface area contributed by atoms with Crippen molar-refractivity contribution in [3.8, 4) is 0 Å². The molecule has 0 unspecified atom stereocenters. The van der Waals surface area contributed by atoms with Crippen molar-refractivity contribution in [1.82, 2.24) is 9.55 Å². The van der Waals surface area contributed by atoms with Crippen LogP contribution in [0.15, 0.2) is 12.5 Å². The highest BCUT2D eigenvalue weighted by Gasteiger charge is 2.08. The highest BCUT2D eigenvalue weighted by atomic mass is 35.5. The van der Waals surface area contributed by atoms with Gasteiger partial charge in [-0.25, -0.2) is 13.4 Å². The van der Waals surface area contributed by atoms with E-state index in [0.717, 1.165) is 5.69 Å². The van der Waals surface area contributed by atoms with E-state index in [1.54, 1.807) is 24.0 Å². The van der Waals surface area contributed by atoms with Gasteiger partial charge in [-0.2, -0.15) is 0 Å². The van der Waals surface area contributed by atoms with Crippen LogP contribution in [0.25, 0.3) is 0 Å². The van der Waals surface area contributed by atoms with E-state index in [0.29, 0.717) is 12.4 Å². The lowest BCUT2D eigenvalue weighted by Crippen LogP contribution is -2.15. The summed E-state index contributed by atoms with van der Waals surface area (Å²) >= 11 is 5.65. The number of aromatic nitrogens is 2. The summed E-state index contributed by atoms with van der Waals surface area (Å²) in [5.41, 5.74) is 0.845. The number of hydrogen-bond acceptors (Lipinski definition) is 3. The van der Waals surface area contributed by atoms with Crippen molar-refractivity contribution in [2.24, 2.45) is 0 Å². The summed E-state index contributed by atoms with van der Waals surface area (Å²) in [6.45, 7) is 2.07. The Bertz CT molecular complexity index is 386. The Morgan fingerprint density at radius 1 is 1.57 bits per heavy atom. The third-order valence-electron chi connectivity index (χ3n) is 2.02. The van der Waals surface area contributed by atoms with Gasteiger partial charge in [0.05, 0.1) is 23.7 Å². The minimum absolute atomic E-state index is 0.143. The Morgan fingerprint density at radius 3 is 2.86 bits per heavy atom. The van der Waals surface area contributed by atoms with Crippen LogP contribution in [0.5, 0.6) is 0 Å². The van der Waals surface area contributed by atoms with Crippen LogP contribution in [0.1, 0.15) is 12.6 Å². The molecule has 0 bridgehead atoms. The van der Waals surface area contributed by atoms with E-state index in [4.69, 9.17) is 11.6 Å². The Balaban J connectivity index is 2.62. The lowest BCUT2D eigenvalue weighted by Gasteiger charge is -2.05. The molecule has 0 saturated carbocycles. The van der Waals surface area contributed by atoms with Crippen LogP contribution in [0, 0.1) is 0 Å². The van der Waals surface area contributed by atoms with Crippen molar-refractivity contribution in [2.75, 3.05) is 11.5 Å². The van der Waals surface area contributed by atoms with E-state index in [-0.39, 0.29) is 11.5 Å². The molecule has 1 rings (SSSR count). The van der Waals surface area contributed by atoms with Gasteiger partial charge in [0.2, 0.25) is 0 Å². The highest BCUT2D eigenvalue weighted by molar-refractivity contribution is 7.91. The molecule has 1 heterocycles. The maximum atomic E-state index is 11.2. The molecule has 4 nitrogen and oxygen atoms in total. The molecule has 0 spiro atoms. The van der Waals surface area contributed by atoms with E-state index >= 15 is 0 Å². The first-order valence-electron chi connectivity index (χ1n) is 4.34. The van der Waals surface area contributed by atoms with Crippen LogP contribution in [0.2, 0.25) is 0 Å². The summed E-state index contributed by atoms with van der Waals surface area (Å²) in [4.78, 5) is 3.90. The van der Waals surface area contributed by atoms with E-state index in [1.807, 2.05) is 0 Å². The van der Waals surface area contributed by atoms with Crippen molar-refractivity contribution in [1.29, 1.82) is 0 Å². The number of nitrogens with zero attached hydrogens (tertiary/aromatic N) is 2. The fourth-order valence-corrected chi connectivity index (χ4v) is 2.03. The first kappa shape index (κ1) is 11.5. The zero-order valence-corrected chi connectivity index (χ0v) is 9.55. The normalized spacial score (nSPS) is 11.9. The first-order chi connectivity index (χ1) is 6.59. The van der Waals surface area contributed by atoms with Gasteiger partial charge < -0.3 is 4.57 Å². The second-order valence-electron chi connectivity index (χ2n) is 2.95. The predicted octanol–water partition coefficient (Wildman–Crippen LogP) is 1.06. The lowest BCUT2D eigenvalue weighted by atomic mass is 10.5. The summed E-state index contributed by atoms with van der Waals surface area (Å²) in [5.74, 6) is 0.674. The summed E-state index contributed by atoms with van der Waals surface area (Å²) in [7, 11) is -2.91. The van der Waals surface area contributed by atoms with Gasteiger partial charge >= 0.3 is 0 Å². The van der Waals surface area contributed by atoms with Crippen LogP contribution in [-0.4, -0.2) is 29.5 Å². The number of hydrogen-bond donors (Lipinski definition) is 0. The molecule has 14 heavy (non-hydrogen) atoms. The summed E-state index contributed by atoms with van der Waals surface area (Å²) in [6, 6.07) is 0. The van der Waals surface area contributed by atoms with Crippen LogP contribution >= 0.6 is 11.6 Å². The molecule has 0 atom stereocenters. The SMILES string of the molecule is CCS(=O)(=O)CCn1cncc1CCl. The molecule has 0 aromatic carbocycles. The molecule has 6 heteroatoms. The van der Waals surface area contributed by atoms with E-state index in [2.05, 4.69) is 4.98 Å². The number of halogens is 1. The molecule has 1 aromatic heterocycles. The second kappa shape index (κ2) is 4.79. The zero-order chi connectivity index (χ0) is 10.6. The molecular weight excluding hydrogens is 224 g/mol. The largest absolute Gasteiger partial charge is 0.332 e. The lowest BCUT2D eigenvalue weighted by molar-refractivity contribution is 0.589. The number of sulfone groups is 1. The highest BCUT2D eigenvalue weighted by Crippen LogP contribution is 2.04. The maximum absolute atomic E-state index is 11.2. The van der Waals surface area contributed by atoms with Crippen molar-refractivity contribution < 1.29 is 8.42 Å². The van der Waals surface area contributed by atoms with Crippen molar-refractivity contribution in [3.63, 3.8) is 0 Å². The molecule has 0 radical (unpaired) electrons. The molecule has 0 aliphatic heterocycles. The summed E-state index contributed by atoms with van der Waals surface area (Å²) in [6.07, 6.45) is 3.24. The molecule has 0 fully saturated rings. The van der Waals surface area contributed by atoms with Gasteiger partial charge in [-0.1, -0.05) is 6.92 Å². The van der Waals surface area contributed by atoms with Gasteiger partial charge in [-0.05, 0) is 0 Å². The van der Waals surface area contributed by atoms with Gasteiger partial charge in [0, 0.05) is 18.5 Å². The molecule has 1 aromatic rings. The minimum Gasteiger partial charge on any atom is -0.332 e. The monoisotopic (exact) mass is 236 g/mol. The minimum atomic E-state index is -2.91. The van der Waals surface area contributed by atoms with Gasteiger partial charge in [-0.15, -0.1) is 11.6 Å². The molecule has 0 saturated heterocycles. The molecule has 0 aliphatic carbocycles. The smallest absolute Gasteiger partial charge is 0.151 e. The quantitative estimate of drug-likeness (QED) is 0.719. The Labute approximate surface area is 88.8 Å². The van der Waals surface area contributed by atoms with Gasteiger partial charge in [0.25, 0.3) is 0 Å². The topological polar surface area (TPSA) is 52.0 Å². The molecule has 0 amide bonds. The van der Waals surface area contributed by atoms with Gasteiger partial charge in [0.15, 0.2) is 9.84 Å². The maximum Gasteiger partial charge on any atom is 0.151 e. The van der Waals surface area contributed by atoms with Crippen molar-refractivity contribution >= 4 is 21.4 Å². The number of aryl methyl sites for hydroxylation is 1. The van der Waals surface area contributed by atoms with Crippen LogP contribution in [0.3, 0.4) is 0 Å². The molecule has 0 N–H and O–H groups in total. The van der Waals surface area contributed by atoms with Gasteiger partial charge in [-0.3, -0.25) is 0 Å². The van der Waals surface area contributed by atoms with Crippen LogP contribution in [0.4, 0.5) is 0 Å². The fraction of sp³-hybridized carbons (Fsp3) is 0.625. The second-order valence-corrected chi connectivity index (χ2v) is 5.69. The molecule has 80 valence electrons. The number of imidazole rings is 1. The first-order valence-corrected chi connectivity index (χ1v) is 6.70. The van der Waals surface area contributed by atoms with Crippen molar-refractivity contribution in [2.45, 2.75) is 19.3 Å². The van der Waals surface area contributed by atoms with Crippen LogP contribution < -0.4 is 0 Å². The molecule has 0 aliphatic rings. The van der Waals surface area contributed by atoms with Gasteiger partial charge in [0.1, 0.15) is 0 Å². The average molecular weight is 237 g/mol. The molecular formula is C8H13ClN2O2S. The zero-order valence-electron chi connectivity index (χ0n) is 7.98. The Kier molecular flexibility index (Phi) is 3.95. The number of rotatable bonds is 5. The fourth-order valence-electron chi connectivity index (χ4n) is 1.04. The van der Waals surface area contributed by atoms with E-state index < -0.39 is 9.84 Å². The van der Waals surface area contributed by atoms with Crippen LogP contribution in [-0.2, 0) is 22.3 Å². The van der Waals surface area contributed by atoms with E-state index in [9.17, 15) is 8.42 Å². The Morgan fingerprint density at radius 2 is 2.29 bits per heavy atom. The van der Waals surface area contributed by atoms with Crippen molar-refractivity contribution in [3.05, 3.63) is 18.2 Å². The average Bonchev–Trinajstić information content (AvgIpc) is 2.62. The number of alkyl halides is 1. The Hall–Kier alpha value is -0.550.